The van der Waals surface area contributed by atoms with Gasteiger partial charge in [-0.25, -0.2) is 0 Å². The largest absolute Gasteiger partial charge is 0.388 e. The molecule has 2 nitrogen and oxygen atoms in total. The van der Waals surface area contributed by atoms with Gasteiger partial charge in [-0.05, 0) is 53.3 Å². The van der Waals surface area contributed by atoms with Gasteiger partial charge >= 0.3 is 0 Å². The first kappa shape index (κ1) is 16.9. The summed E-state index contributed by atoms with van der Waals surface area (Å²) in [6, 6.07) is 11.6. The molecule has 0 saturated heterocycles. The van der Waals surface area contributed by atoms with Crippen LogP contribution in [-0.2, 0) is 6.42 Å². The quantitative estimate of drug-likeness (QED) is 0.514. The van der Waals surface area contributed by atoms with E-state index in [2.05, 4.69) is 6.58 Å². The predicted molar refractivity (Wildman–Crippen MR) is 96.3 cm³/mol. The van der Waals surface area contributed by atoms with E-state index in [1.165, 1.54) is 0 Å². The second kappa shape index (κ2) is 7.67. The minimum absolute atomic E-state index is 0.599. The number of halogens is 1. The SMILES string of the molecule is C=C(/C=C/c1ccc(CC)c(OC#N)c1)c1cccc(Cl)c1C. The van der Waals surface area contributed by atoms with Crippen LogP contribution in [0, 0.1) is 18.4 Å². The van der Waals surface area contributed by atoms with E-state index in [4.69, 9.17) is 21.6 Å². The van der Waals surface area contributed by atoms with E-state index in [0.717, 1.165) is 39.3 Å². The normalized spacial score (nSPS) is 10.5. The van der Waals surface area contributed by atoms with Crippen molar-refractivity contribution in [3.63, 3.8) is 0 Å². The molecule has 2 aromatic carbocycles. The molecule has 0 spiro atoms. The van der Waals surface area contributed by atoms with Crippen LogP contribution in [0.2, 0.25) is 5.02 Å². The maximum Gasteiger partial charge on any atom is 0.292 e. The molecule has 0 bridgehead atoms. The number of hydrogen-bond donors (Lipinski definition) is 0. The van der Waals surface area contributed by atoms with Crippen LogP contribution in [0.1, 0.15) is 29.2 Å². The Morgan fingerprint density at radius 3 is 2.83 bits per heavy atom. The van der Waals surface area contributed by atoms with E-state index in [0.29, 0.717) is 5.75 Å². The fraction of sp³-hybridized carbons (Fsp3) is 0.150. The van der Waals surface area contributed by atoms with Gasteiger partial charge in [0.05, 0.1) is 0 Å². The molecule has 0 fully saturated rings. The van der Waals surface area contributed by atoms with Crippen molar-refractivity contribution in [3.05, 3.63) is 76.3 Å². The third-order valence-electron chi connectivity index (χ3n) is 3.72. The summed E-state index contributed by atoms with van der Waals surface area (Å²) in [6.45, 7) is 8.11. The molecule has 0 aliphatic carbocycles. The summed E-state index contributed by atoms with van der Waals surface area (Å²) in [6.07, 6.45) is 6.44. The third kappa shape index (κ3) is 4.03. The molecule has 0 radical (unpaired) electrons. The maximum atomic E-state index is 8.74. The van der Waals surface area contributed by atoms with Gasteiger partial charge in [-0.15, -0.1) is 5.26 Å². The first-order valence-electron chi connectivity index (χ1n) is 7.38. The molecule has 0 atom stereocenters. The second-order valence-corrected chi connectivity index (χ2v) is 5.59. The van der Waals surface area contributed by atoms with E-state index in [-0.39, 0.29) is 0 Å². The van der Waals surface area contributed by atoms with E-state index >= 15 is 0 Å². The molecule has 0 saturated carbocycles. The Balaban J connectivity index is 2.26. The smallest absolute Gasteiger partial charge is 0.292 e. The zero-order chi connectivity index (χ0) is 16.8. The van der Waals surface area contributed by atoms with Crippen LogP contribution in [0.4, 0.5) is 0 Å². The van der Waals surface area contributed by atoms with Crippen LogP contribution in [-0.4, -0.2) is 0 Å². The summed E-state index contributed by atoms with van der Waals surface area (Å²) in [4.78, 5) is 0. The molecule has 0 unspecified atom stereocenters. The molecular weight excluding hydrogens is 306 g/mol. The standard InChI is InChI=1S/C20H18ClNO/c1-4-17-11-10-16(12-20(17)23-13-22)9-8-14(2)18-6-5-7-19(21)15(18)3/h5-12H,2,4H2,1,3H3/b9-8+. The second-order valence-electron chi connectivity index (χ2n) is 5.19. The Kier molecular flexibility index (Phi) is 5.62. The van der Waals surface area contributed by atoms with Crippen LogP contribution in [0.15, 0.2) is 49.1 Å². The summed E-state index contributed by atoms with van der Waals surface area (Å²) < 4.78 is 5.03. The van der Waals surface area contributed by atoms with E-state index < -0.39 is 0 Å². The van der Waals surface area contributed by atoms with Gasteiger partial charge in [0.25, 0.3) is 6.26 Å². The van der Waals surface area contributed by atoms with Crippen molar-refractivity contribution in [1.29, 1.82) is 5.26 Å². The van der Waals surface area contributed by atoms with Gasteiger partial charge in [-0.1, -0.05) is 61.5 Å². The minimum atomic E-state index is 0.599. The molecule has 116 valence electrons. The zero-order valence-electron chi connectivity index (χ0n) is 13.3. The average molecular weight is 324 g/mol. The van der Waals surface area contributed by atoms with Crippen LogP contribution >= 0.6 is 11.6 Å². The minimum Gasteiger partial charge on any atom is -0.388 e. The highest BCUT2D eigenvalue weighted by Crippen LogP contribution is 2.26. The Morgan fingerprint density at radius 1 is 1.35 bits per heavy atom. The number of allylic oxidation sites excluding steroid dienone is 2. The lowest BCUT2D eigenvalue weighted by Gasteiger charge is -2.08. The molecule has 0 aromatic heterocycles. The van der Waals surface area contributed by atoms with Crippen molar-refractivity contribution in [2.45, 2.75) is 20.3 Å². The Morgan fingerprint density at radius 2 is 2.13 bits per heavy atom. The number of nitriles is 1. The first-order valence-corrected chi connectivity index (χ1v) is 7.76. The summed E-state index contributed by atoms with van der Waals surface area (Å²) in [5.74, 6) is 0.599. The van der Waals surface area contributed by atoms with Crippen molar-refractivity contribution in [2.75, 3.05) is 0 Å². The Hall–Kier alpha value is -2.50. The highest BCUT2D eigenvalue weighted by atomic mass is 35.5. The van der Waals surface area contributed by atoms with Gasteiger partial charge in [0.1, 0.15) is 5.75 Å². The van der Waals surface area contributed by atoms with Crippen molar-refractivity contribution in [1.82, 2.24) is 0 Å². The van der Waals surface area contributed by atoms with Gasteiger partial charge in [0.15, 0.2) is 0 Å². The van der Waals surface area contributed by atoms with Crippen LogP contribution in [0.5, 0.6) is 5.75 Å². The Labute approximate surface area is 142 Å². The summed E-state index contributed by atoms with van der Waals surface area (Å²) in [5.41, 5.74) is 4.87. The molecule has 0 N–H and O–H groups in total. The molecule has 0 amide bonds. The first-order chi connectivity index (χ1) is 11.1. The average Bonchev–Trinajstić information content (AvgIpc) is 2.55. The topological polar surface area (TPSA) is 33.0 Å². The molecule has 0 aliphatic rings. The van der Waals surface area contributed by atoms with Gasteiger partial charge in [0, 0.05) is 5.02 Å². The van der Waals surface area contributed by atoms with Gasteiger partial charge in [-0.3, -0.25) is 0 Å². The number of aryl methyl sites for hydroxylation is 1. The summed E-state index contributed by atoms with van der Waals surface area (Å²) in [7, 11) is 0. The molecule has 0 heterocycles. The van der Waals surface area contributed by atoms with Crippen molar-refractivity contribution in [2.24, 2.45) is 0 Å². The number of ether oxygens (including phenoxy) is 1. The van der Waals surface area contributed by atoms with Gasteiger partial charge < -0.3 is 4.74 Å². The monoisotopic (exact) mass is 323 g/mol. The maximum absolute atomic E-state index is 8.74. The molecule has 2 rings (SSSR count). The lowest BCUT2D eigenvalue weighted by molar-refractivity contribution is 0.500. The van der Waals surface area contributed by atoms with Gasteiger partial charge in [-0.2, -0.15) is 0 Å². The lowest BCUT2D eigenvalue weighted by Crippen LogP contribution is -1.90. The van der Waals surface area contributed by atoms with Gasteiger partial charge in [0.2, 0.25) is 0 Å². The summed E-state index contributed by atoms with van der Waals surface area (Å²) in [5, 5.41) is 9.47. The molecule has 23 heavy (non-hydrogen) atoms. The summed E-state index contributed by atoms with van der Waals surface area (Å²) >= 11 is 6.15. The third-order valence-corrected chi connectivity index (χ3v) is 4.13. The number of benzene rings is 2. The fourth-order valence-corrected chi connectivity index (χ4v) is 2.53. The molecule has 2 aromatic rings. The predicted octanol–water partition coefficient (Wildman–Crippen LogP) is 5.80. The lowest BCUT2D eigenvalue weighted by atomic mass is 10.0. The molecular formula is C20H18ClNO. The van der Waals surface area contributed by atoms with E-state index in [9.17, 15) is 0 Å². The van der Waals surface area contributed by atoms with E-state index in [1.54, 1.807) is 6.26 Å². The van der Waals surface area contributed by atoms with Crippen molar-refractivity contribution < 1.29 is 4.74 Å². The zero-order valence-corrected chi connectivity index (χ0v) is 14.0. The Bertz CT molecular complexity index is 800. The van der Waals surface area contributed by atoms with Crippen molar-refractivity contribution in [3.8, 4) is 12.0 Å². The van der Waals surface area contributed by atoms with Crippen LogP contribution < -0.4 is 4.74 Å². The number of hydrogen-bond acceptors (Lipinski definition) is 2. The van der Waals surface area contributed by atoms with Crippen LogP contribution in [0.3, 0.4) is 0 Å². The highest BCUT2D eigenvalue weighted by Gasteiger charge is 2.05. The fourth-order valence-electron chi connectivity index (χ4n) is 2.35. The number of nitrogens with zero attached hydrogens (tertiary/aromatic N) is 1. The molecule has 0 aliphatic heterocycles. The number of rotatable bonds is 5. The molecule has 3 heteroatoms. The highest BCUT2D eigenvalue weighted by molar-refractivity contribution is 6.31. The van der Waals surface area contributed by atoms with Crippen LogP contribution in [0.25, 0.3) is 11.6 Å². The van der Waals surface area contributed by atoms with Crippen molar-refractivity contribution >= 4 is 23.3 Å². The van der Waals surface area contributed by atoms with E-state index in [1.807, 2.05) is 62.4 Å².